The monoisotopic (exact) mass is 252 g/mol. The highest BCUT2D eigenvalue weighted by Crippen LogP contribution is 2.46. The van der Waals surface area contributed by atoms with Crippen molar-refractivity contribution in [2.24, 2.45) is 22.7 Å². The number of amidine groups is 1. The van der Waals surface area contributed by atoms with E-state index in [0.29, 0.717) is 12.0 Å². The maximum Gasteiger partial charge on any atom is 0.239 e. The number of thioether (sulfide) groups is 1. The van der Waals surface area contributed by atoms with Gasteiger partial charge in [0, 0.05) is 0 Å². The van der Waals surface area contributed by atoms with Crippen LogP contribution in [0.3, 0.4) is 0 Å². The third kappa shape index (κ3) is 2.12. The van der Waals surface area contributed by atoms with Crippen LogP contribution in [-0.4, -0.2) is 22.4 Å². The molecule has 4 atom stereocenters. The predicted molar refractivity (Wildman–Crippen MR) is 71.0 cm³/mol. The summed E-state index contributed by atoms with van der Waals surface area (Å²) in [5, 5.41) is 3.89. The van der Waals surface area contributed by atoms with Crippen LogP contribution in [0.25, 0.3) is 0 Å². The van der Waals surface area contributed by atoms with Crippen LogP contribution >= 0.6 is 11.8 Å². The number of amides is 1. The maximum absolute atomic E-state index is 11.7. The fraction of sp³-hybridized carbons (Fsp3) is 0.846. The molecule has 0 aromatic rings. The summed E-state index contributed by atoms with van der Waals surface area (Å²) in [6.07, 6.45) is 5.36. The van der Waals surface area contributed by atoms with Gasteiger partial charge in [0.15, 0.2) is 5.17 Å². The molecule has 1 unspecified atom stereocenters. The van der Waals surface area contributed by atoms with E-state index in [1.807, 2.05) is 0 Å². The van der Waals surface area contributed by atoms with Gasteiger partial charge >= 0.3 is 0 Å². The lowest BCUT2D eigenvalue weighted by molar-refractivity contribution is -0.119. The van der Waals surface area contributed by atoms with E-state index in [2.05, 4.69) is 19.2 Å². The lowest BCUT2D eigenvalue weighted by Crippen LogP contribution is -2.28. The lowest BCUT2D eigenvalue weighted by Gasteiger charge is -2.17. The Bertz CT molecular complexity index is 366. The van der Waals surface area contributed by atoms with Gasteiger partial charge in [-0.1, -0.05) is 32.0 Å². The molecule has 0 aromatic carbocycles. The second-order valence-electron chi connectivity index (χ2n) is 5.95. The van der Waals surface area contributed by atoms with E-state index in [1.165, 1.54) is 25.7 Å². The fourth-order valence-corrected chi connectivity index (χ4v) is 4.44. The largest absolute Gasteiger partial charge is 0.304 e. The molecule has 0 aromatic heterocycles. The average molecular weight is 252 g/mol. The van der Waals surface area contributed by atoms with E-state index in [0.717, 1.165) is 17.0 Å². The normalized spacial score (nSPS) is 42.8. The van der Waals surface area contributed by atoms with Gasteiger partial charge in [0.25, 0.3) is 0 Å². The summed E-state index contributed by atoms with van der Waals surface area (Å²) < 4.78 is 0. The summed E-state index contributed by atoms with van der Waals surface area (Å²) in [5.74, 6) is 2.24. The van der Waals surface area contributed by atoms with Crippen LogP contribution in [0.1, 0.15) is 39.5 Å². The summed E-state index contributed by atoms with van der Waals surface area (Å²) in [5.41, 5.74) is 0. The predicted octanol–water partition coefficient (Wildman–Crippen LogP) is 2.42. The van der Waals surface area contributed by atoms with Crippen molar-refractivity contribution in [3.63, 3.8) is 0 Å². The molecule has 2 saturated carbocycles. The van der Waals surface area contributed by atoms with Gasteiger partial charge in [-0.2, -0.15) is 0 Å². The Morgan fingerprint density at radius 3 is 2.71 bits per heavy atom. The molecular weight excluding hydrogens is 232 g/mol. The molecule has 0 spiro atoms. The van der Waals surface area contributed by atoms with Crippen molar-refractivity contribution in [3.05, 3.63) is 0 Å². The smallest absolute Gasteiger partial charge is 0.239 e. The molecule has 2 bridgehead atoms. The van der Waals surface area contributed by atoms with Crippen LogP contribution < -0.4 is 5.32 Å². The molecule has 3 aliphatic rings. The first-order valence-corrected chi connectivity index (χ1v) is 7.56. The van der Waals surface area contributed by atoms with Crippen LogP contribution in [0.5, 0.6) is 0 Å². The molecule has 3 rings (SSSR count). The zero-order valence-corrected chi connectivity index (χ0v) is 11.3. The van der Waals surface area contributed by atoms with Crippen LogP contribution in [0.15, 0.2) is 4.99 Å². The molecular formula is C13H20N2OS. The molecule has 1 saturated heterocycles. The molecule has 3 nitrogen and oxygen atoms in total. The van der Waals surface area contributed by atoms with Crippen molar-refractivity contribution < 1.29 is 4.79 Å². The van der Waals surface area contributed by atoms with Gasteiger partial charge in [0.2, 0.25) is 5.91 Å². The molecule has 2 aliphatic carbocycles. The first-order chi connectivity index (χ1) is 8.13. The van der Waals surface area contributed by atoms with Gasteiger partial charge in [-0.05, 0) is 37.0 Å². The minimum atomic E-state index is 0.0624. The number of hydrogen-bond donors (Lipinski definition) is 1. The standard InChI is InChI=1S/C13H20N2OS/c1-7(2)11-12(16)15-13(17-11)14-10-6-8-3-4-9(10)5-8/h7-11H,3-6H2,1-2H3,(H,14,15,16)/t8-,9-,10-,11?/m0/s1. The van der Waals surface area contributed by atoms with Gasteiger partial charge in [-0.15, -0.1) is 0 Å². The van der Waals surface area contributed by atoms with Crippen molar-refractivity contribution in [3.8, 4) is 0 Å². The van der Waals surface area contributed by atoms with Gasteiger partial charge < -0.3 is 5.32 Å². The van der Waals surface area contributed by atoms with E-state index in [4.69, 9.17) is 4.99 Å². The third-order valence-electron chi connectivity index (χ3n) is 4.32. The number of carbonyl (C=O) groups excluding carboxylic acids is 1. The van der Waals surface area contributed by atoms with Crippen molar-refractivity contribution >= 4 is 22.8 Å². The van der Waals surface area contributed by atoms with Gasteiger partial charge in [0.1, 0.15) is 0 Å². The Morgan fingerprint density at radius 2 is 2.18 bits per heavy atom. The van der Waals surface area contributed by atoms with Crippen molar-refractivity contribution in [2.75, 3.05) is 0 Å². The quantitative estimate of drug-likeness (QED) is 0.820. The fourth-order valence-electron chi connectivity index (χ4n) is 3.40. The van der Waals surface area contributed by atoms with Crippen molar-refractivity contribution in [2.45, 2.75) is 50.8 Å². The second kappa shape index (κ2) is 4.30. The summed E-state index contributed by atoms with van der Waals surface area (Å²) in [7, 11) is 0. The lowest BCUT2D eigenvalue weighted by atomic mass is 9.96. The summed E-state index contributed by atoms with van der Waals surface area (Å²) >= 11 is 1.63. The van der Waals surface area contributed by atoms with E-state index in [1.54, 1.807) is 11.8 Å². The summed E-state index contributed by atoms with van der Waals surface area (Å²) in [6, 6.07) is 0.488. The van der Waals surface area contributed by atoms with Gasteiger partial charge in [-0.25, -0.2) is 0 Å². The second-order valence-corrected chi connectivity index (χ2v) is 7.08. The van der Waals surface area contributed by atoms with E-state index < -0.39 is 0 Å². The highest BCUT2D eigenvalue weighted by atomic mass is 32.2. The van der Waals surface area contributed by atoms with Crippen LogP contribution in [0.2, 0.25) is 0 Å². The Labute approximate surface area is 107 Å². The van der Waals surface area contributed by atoms with E-state index >= 15 is 0 Å². The van der Waals surface area contributed by atoms with Crippen LogP contribution in [0, 0.1) is 17.8 Å². The molecule has 3 fully saturated rings. The van der Waals surface area contributed by atoms with Gasteiger partial charge in [-0.3, -0.25) is 9.79 Å². The van der Waals surface area contributed by atoms with Crippen LogP contribution in [-0.2, 0) is 4.79 Å². The number of nitrogens with one attached hydrogen (secondary N) is 1. The molecule has 1 heterocycles. The molecule has 1 amide bonds. The molecule has 1 N–H and O–H groups in total. The Hall–Kier alpha value is -0.510. The van der Waals surface area contributed by atoms with E-state index in [9.17, 15) is 4.79 Å². The average Bonchev–Trinajstić information content (AvgIpc) is 2.93. The minimum Gasteiger partial charge on any atom is -0.304 e. The number of rotatable bonds is 2. The van der Waals surface area contributed by atoms with Crippen LogP contribution in [0.4, 0.5) is 0 Å². The number of carbonyl (C=O) groups is 1. The first kappa shape index (κ1) is 11.6. The Morgan fingerprint density at radius 1 is 1.35 bits per heavy atom. The maximum atomic E-state index is 11.7. The number of aliphatic imine (C=N–C) groups is 1. The third-order valence-corrected chi connectivity index (χ3v) is 5.76. The Balaban J connectivity index is 1.68. The van der Waals surface area contributed by atoms with Crippen molar-refractivity contribution in [1.82, 2.24) is 5.32 Å². The zero-order valence-electron chi connectivity index (χ0n) is 10.5. The first-order valence-electron chi connectivity index (χ1n) is 6.69. The summed E-state index contributed by atoms with van der Waals surface area (Å²) in [6.45, 7) is 4.19. The SMILES string of the molecule is CC(C)C1SC(=N[C@H]2C[C@H]3CC[C@H]2C3)NC1=O. The van der Waals surface area contributed by atoms with Gasteiger partial charge in [0.05, 0.1) is 11.3 Å². The zero-order chi connectivity index (χ0) is 12.0. The van der Waals surface area contributed by atoms with E-state index in [-0.39, 0.29) is 11.2 Å². The number of nitrogens with zero attached hydrogens (tertiary/aromatic N) is 1. The topological polar surface area (TPSA) is 41.5 Å². The number of hydrogen-bond acceptors (Lipinski definition) is 3. The number of fused-ring (bicyclic) bond motifs is 2. The Kier molecular flexibility index (Phi) is 2.93. The summed E-state index contributed by atoms with van der Waals surface area (Å²) in [4.78, 5) is 16.5. The highest BCUT2D eigenvalue weighted by Gasteiger charge is 2.41. The molecule has 0 radical (unpaired) electrons. The molecule has 94 valence electrons. The van der Waals surface area contributed by atoms with Crippen molar-refractivity contribution in [1.29, 1.82) is 0 Å². The minimum absolute atomic E-state index is 0.0624. The molecule has 17 heavy (non-hydrogen) atoms. The molecule has 1 aliphatic heterocycles. The highest BCUT2D eigenvalue weighted by molar-refractivity contribution is 8.15. The molecule has 4 heteroatoms.